The van der Waals surface area contributed by atoms with Crippen LogP contribution >= 0.6 is 11.6 Å². The van der Waals surface area contributed by atoms with E-state index in [-0.39, 0.29) is 0 Å². The number of ether oxygens (including phenoxy) is 1. The Balaban J connectivity index is 2.57. The molecule has 0 aliphatic heterocycles. The van der Waals surface area contributed by atoms with Crippen molar-refractivity contribution in [2.45, 2.75) is 26.4 Å². The van der Waals surface area contributed by atoms with Gasteiger partial charge < -0.3 is 10.1 Å². The van der Waals surface area contributed by atoms with E-state index in [9.17, 15) is 0 Å². The molecule has 0 saturated carbocycles. The first-order valence-electron chi connectivity index (χ1n) is 4.96. The smallest absolute Gasteiger partial charge is 0.131 e. The first-order chi connectivity index (χ1) is 7.06. The van der Waals surface area contributed by atoms with Crippen LogP contribution in [0.1, 0.15) is 18.2 Å². The van der Waals surface area contributed by atoms with Gasteiger partial charge in [-0.25, -0.2) is 0 Å². The maximum atomic E-state index is 6.10. The second-order valence-electron chi connectivity index (χ2n) is 3.72. The zero-order chi connectivity index (χ0) is 11.4. The number of halogens is 1. The first kappa shape index (κ1) is 12.5. The van der Waals surface area contributed by atoms with Gasteiger partial charge in [0.05, 0.1) is 12.3 Å². The zero-order valence-corrected chi connectivity index (χ0v) is 10.4. The monoisotopic (exact) mass is 231 g/mol. The van der Waals surface area contributed by atoms with Crippen molar-refractivity contribution >= 4 is 11.6 Å². The molecule has 1 atom stereocenters. The number of rotatable bonds is 5. The predicted molar refractivity (Wildman–Crippen MR) is 61.1 cm³/mol. The van der Waals surface area contributed by atoms with Crippen molar-refractivity contribution in [3.05, 3.63) is 16.4 Å². The minimum Gasteiger partial charge on any atom is -0.383 e. The Bertz CT molecular complexity index is 325. The van der Waals surface area contributed by atoms with Gasteiger partial charge in [-0.1, -0.05) is 11.6 Å². The first-order valence-corrected chi connectivity index (χ1v) is 5.34. The summed E-state index contributed by atoms with van der Waals surface area (Å²) in [6.45, 7) is 5.45. The van der Waals surface area contributed by atoms with Crippen LogP contribution in [0.5, 0.6) is 0 Å². The fraction of sp³-hybridized carbons (Fsp3) is 0.700. The van der Waals surface area contributed by atoms with Gasteiger partial charge in [-0.05, 0) is 13.8 Å². The average Bonchev–Trinajstić information content (AvgIpc) is 2.40. The van der Waals surface area contributed by atoms with Crippen molar-refractivity contribution in [1.82, 2.24) is 15.1 Å². The number of hydrogen-bond acceptors (Lipinski definition) is 3. The van der Waals surface area contributed by atoms with Gasteiger partial charge in [0.2, 0.25) is 0 Å². The highest BCUT2D eigenvalue weighted by Gasteiger charge is 2.11. The molecule has 1 N–H and O–H groups in total. The Morgan fingerprint density at radius 3 is 2.73 bits per heavy atom. The second kappa shape index (κ2) is 5.49. The summed E-state index contributed by atoms with van der Waals surface area (Å²) in [5, 5.41) is 8.28. The van der Waals surface area contributed by atoms with Crippen molar-refractivity contribution in [3.63, 3.8) is 0 Å². The molecule has 1 unspecified atom stereocenters. The second-order valence-corrected chi connectivity index (χ2v) is 4.07. The van der Waals surface area contributed by atoms with E-state index in [4.69, 9.17) is 16.3 Å². The van der Waals surface area contributed by atoms with Crippen LogP contribution in [0.4, 0.5) is 0 Å². The molecule has 4 nitrogen and oxygen atoms in total. The molecular weight excluding hydrogens is 214 g/mol. The molecule has 0 aromatic carbocycles. The van der Waals surface area contributed by atoms with Crippen LogP contribution in [0, 0.1) is 6.92 Å². The Hall–Kier alpha value is -0.580. The molecule has 5 heteroatoms. The Morgan fingerprint density at radius 2 is 2.27 bits per heavy atom. The van der Waals surface area contributed by atoms with E-state index in [0.717, 1.165) is 17.8 Å². The van der Waals surface area contributed by atoms with Gasteiger partial charge in [0.25, 0.3) is 0 Å². The number of nitrogens with one attached hydrogen (secondary N) is 1. The van der Waals surface area contributed by atoms with E-state index in [1.807, 2.05) is 14.0 Å². The fourth-order valence-corrected chi connectivity index (χ4v) is 1.70. The molecular formula is C10H18ClN3O. The Kier molecular flexibility index (Phi) is 4.57. The van der Waals surface area contributed by atoms with Crippen LogP contribution in [0.3, 0.4) is 0 Å². The molecule has 0 fully saturated rings. The normalized spacial score (nSPS) is 13.1. The molecule has 0 radical (unpaired) electrons. The van der Waals surface area contributed by atoms with Gasteiger partial charge in [0, 0.05) is 32.3 Å². The molecule has 0 saturated heterocycles. The molecule has 0 bridgehead atoms. The van der Waals surface area contributed by atoms with E-state index < -0.39 is 0 Å². The molecule has 0 aliphatic carbocycles. The summed E-state index contributed by atoms with van der Waals surface area (Å²) in [6.07, 6.45) is 0. The molecule has 0 spiro atoms. The maximum absolute atomic E-state index is 6.10. The van der Waals surface area contributed by atoms with Crippen molar-refractivity contribution in [1.29, 1.82) is 0 Å². The van der Waals surface area contributed by atoms with Gasteiger partial charge in [0.1, 0.15) is 5.15 Å². The number of hydrogen-bond donors (Lipinski definition) is 1. The van der Waals surface area contributed by atoms with Crippen molar-refractivity contribution in [2.24, 2.45) is 7.05 Å². The predicted octanol–water partition coefficient (Wildman–Crippen LogP) is 1.51. The van der Waals surface area contributed by atoms with Crippen LogP contribution in [0.25, 0.3) is 0 Å². The Morgan fingerprint density at radius 1 is 1.60 bits per heavy atom. The van der Waals surface area contributed by atoms with Crippen LogP contribution in [-0.2, 0) is 18.3 Å². The summed E-state index contributed by atoms with van der Waals surface area (Å²) >= 11 is 6.10. The number of aryl methyl sites for hydroxylation is 2. The molecule has 0 amide bonds. The highest BCUT2D eigenvalue weighted by atomic mass is 35.5. The largest absolute Gasteiger partial charge is 0.383 e. The van der Waals surface area contributed by atoms with E-state index in [1.54, 1.807) is 11.8 Å². The van der Waals surface area contributed by atoms with Gasteiger partial charge in [-0.3, -0.25) is 4.68 Å². The van der Waals surface area contributed by atoms with Gasteiger partial charge in [-0.2, -0.15) is 5.10 Å². The zero-order valence-electron chi connectivity index (χ0n) is 9.67. The molecule has 1 aromatic heterocycles. The molecule has 1 heterocycles. The quantitative estimate of drug-likeness (QED) is 0.835. The third-order valence-corrected chi connectivity index (χ3v) is 2.79. The van der Waals surface area contributed by atoms with Gasteiger partial charge >= 0.3 is 0 Å². The highest BCUT2D eigenvalue weighted by Crippen LogP contribution is 2.18. The van der Waals surface area contributed by atoms with Crippen LogP contribution in [-0.4, -0.2) is 29.5 Å². The van der Waals surface area contributed by atoms with Crippen LogP contribution in [0.2, 0.25) is 5.15 Å². The van der Waals surface area contributed by atoms with E-state index in [0.29, 0.717) is 17.8 Å². The van der Waals surface area contributed by atoms with E-state index in [1.165, 1.54) is 0 Å². The number of nitrogens with zero attached hydrogens (tertiary/aromatic N) is 2. The van der Waals surface area contributed by atoms with E-state index >= 15 is 0 Å². The topological polar surface area (TPSA) is 39.1 Å². The van der Waals surface area contributed by atoms with Gasteiger partial charge in [0.15, 0.2) is 0 Å². The lowest BCUT2D eigenvalue weighted by molar-refractivity contribution is 0.171. The minimum atomic E-state index is 0.311. The summed E-state index contributed by atoms with van der Waals surface area (Å²) < 4.78 is 6.73. The molecule has 0 aliphatic rings. The standard InChI is InChI=1S/C10H18ClN3O/c1-7(6-15-4)12-5-9-8(2)13-14(3)10(9)11/h7,12H,5-6H2,1-4H3. The average molecular weight is 232 g/mol. The molecule has 1 rings (SSSR count). The van der Waals surface area contributed by atoms with Crippen molar-refractivity contribution in [2.75, 3.05) is 13.7 Å². The Labute approximate surface area is 95.6 Å². The fourth-order valence-electron chi connectivity index (χ4n) is 1.46. The number of aromatic nitrogens is 2. The van der Waals surface area contributed by atoms with Crippen molar-refractivity contribution in [3.8, 4) is 0 Å². The van der Waals surface area contributed by atoms with Crippen LogP contribution in [0.15, 0.2) is 0 Å². The molecule has 1 aromatic rings. The summed E-state index contributed by atoms with van der Waals surface area (Å²) in [4.78, 5) is 0. The number of methoxy groups -OCH3 is 1. The third kappa shape index (κ3) is 3.19. The summed E-state index contributed by atoms with van der Waals surface area (Å²) in [5.41, 5.74) is 2.03. The lowest BCUT2D eigenvalue weighted by atomic mass is 10.2. The highest BCUT2D eigenvalue weighted by molar-refractivity contribution is 6.30. The third-order valence-electron chi connectivity index (χ3n) is 2.31. The lowest BCUT2D eigenvalue weighted by Gasteiger charge is -2.12. The molecule has 15 heavy (non-hydrogen) atoms. The maximum Gasteiger partial charge on any atom is 0.131 e. The summed E-state index contributed by atoms with van der Waals surface area (Å²) in [7, 11) is 3.54. The van der Waals surface area contributed by atoms with E-state index in [2.05, 4.69) is 17.3 Å². The minimum absolute atomic E-state index is 0.311. The van der Waals surface area contributed by atoms with Crippen molar-refractivity contribution < 1.29 is 4.74 Å². The van der Waals surface area contributed by atoms with Gasteiger partial charge in [-0.15, -0.1) is 0 Å². The van der Waals surface area contributed by atoms with Crippen LogP contribution < -0.4 is 5.32 Å². The molecule has 86 valence electrons. The SMILES string of the molecule is COCC(C)NCc1c(C)nn(C)c1Cl. The summed E-state index contributed by atoms with van der Waals surface area (Å²) in [5.74, 6) is 0. The lowest BCUT2D eigenvalue weighted by Crippen LogP contribution is -2.29. The summed E-state index contributed by atoms with van der Waals surface area (Å²) in [6, 6.07) is 0.311.